The molecule has 2 aromatic heterocycles. The molecule has 0 spiro atoms. The quantitative estimate of drug-likeness (QED) is 0.374. The third-order valence-corrected chi connectivity index (χ3v) is 5.58. The molecule has 0 saturated heterocycles. The normalized spacial score (nSPS) is 12.7. The molecule has 0 atom stereocenters. The standard InChI is InChI=1S/C19H20FIN6O3/c1-9(2)23-15(28)3-4-27-14(24-16-17(22)25-19(20)26-18(16)27)6-10-5-12-13(7-11(10)21)30-8-29-12/h5,7,9H,3-4,6,8H2,1-2H3,(H,23,28)(H2,22,25,26). The minimum Gasteiger partial charge on any atom is -0.454 e. The van der Waals surface area contributed by atoms with Gasteiger partial charge in [-0.1, -0.05) is 0 Å². The first-order chi connectivity index (χ1) is 14.3. The summed E-state index contributed by atoms with van der Waals surface area (Å²) in [7, 11) is 0. The molecule has 30 heavy (non-hydrogen) atoms. The van der Waals surface area contributed by atoms with Crippen molar-refractivity contribution in [3.8, 4) is 11.5 Å². The van der Waals surface area contributed by atoms with Crippen molar-refractivity contribution < 1.29 is 18.7 Å². The van der Waals surface area contributed by atoms with Crippen LogP contribution in [-0.2, 0) is 17.8 Å². The number of hydrogen-bond donors (Lipinski definition) is 2. The predicted molar refractivity (Wildman–Crippen MR) is 116 cm³/mol. The van der Waals surface area contributed by atoms with Crippen LogP contribution in [0.4, 0.5) is 10.2 Å². The molecule has 0 radical (unpaired) electrons. The van der Waals surface area contributed by atoms with Crippen LogP contribution >= 0.6 is 22.6 Å². The van der Waals surface area contributed by atoms with Gasteiger partial charge >= 0.3 is 6.08 Å². The van der Waals surface area contributed by atoms with Gasteiger partial charge in [-0.25, -0.2) is 4.98 Å². The number of aryl methyl sites for hydroxylation is 1. The Balaban J connectivity index is 1.71. The van der Waals surface area contributed by atoms with Crippen LogP contribution in [-0.4, -0.2) is 38.3 Å². The van der Waals surface area contributed by atoms with Crippen molar-refractivity contribution in [2.75, 3.05) is 12.5 Å². The third-order valence-electron chi connectivity index (χ3n) is 4.58. The summed E-state index contributed by atoms with van der Waals surface area (Å²) in [5.74, 6) is 1.81. The Morgan fingerprint density at radius 1 is 1.30 bits per heavy atom. The van der Waals surface area contributed by atoms with Gasteiger partial charge in [0.2, 0.25) is 12.7 Å². The number of amides is 1. The molecule has 9 nitrogen and oxygen atoms in total. The van der Waals surface area contributed by atoms with Crippen LogP contribution in [0.15, 0.2) is 12.1 Å². The van der Waals surface area contributed by atoms with Gasteiger partial charge < -0.3 is 25.1 Å². The second kappa shape index (κ2) is 8.20. The van der Waals surface area contributed by atoms with Crippen LogP contribution in [0, 0.1) is 9.65 Å². The number of anilines is 1. The molecule has 11 heteroatoms. The maximum Gasteiger partial charge on any atom is 0.312 e. The Hall–Kier alpha value is -2.70. The molecular formula is C19H20FIN6O3. The molecule has 1 aromatic carbocycles. The molecule has 0 bridgehead atoms. The van der Waals surface area contributed by atoms with E-state index in [0.717, 1.165) is 9.13 Å². The highest BCUT2D eigenvalue weighted by molar-refractivity contribution is 14.1. The fourth-order valence-corrected chi connectivity index (χ4v) is 3.91. The van der Waals surface area contributed by atoms with Crippen molar-refractivity contribution in [3.63, 3.8) is 0 Å². The van der Waals surface area contributed by atoms with E-state index in [0.29, 0.717) is 29.3 Å². The van der Waals surface area contributed by atoms with E-state index < -0.39 is 6.08 Å². The van der Waals surface area contributed by atoms with E-state index in [1.807, 2.05) is 26.0 Å². The largest absolute Gasteiger partial charge is 0.454 e. The van der Waals surface area contributed by atoms with Crippen LogP contribution in [0.3, 0.4) is 0 Å². The number of rotatable bonds is 6. The molecule has 3 heterocycles. The van der Waals surface area contributed by atoms with Crippen LogP contribution in [0.25, 0.3) is 11.2 Å². The average Bonchev–Trinajstić information content (AvgIpc) is 3.24. The lowest BCUT2D eigenvalue weighted by Gasteiger charge is -2.12. The molecule has 1 amide bonds. The second-order valence-electron chi connectivity index (χ2n) is 7.18. The lowest BCUT2D eigenvalue weighted by Crippen LogP contribution is -2.30. The van der Waals surface area contributed by atoms with Crippen molar-refractivity contribution in [1.82, 2.24) is 24.8 Å². The van der Waals surface area contributed by atoms with Crippen LogP contribution in [0.1, 0.15) is 31.7 Å². The summed E-state index contributed by atoms with van der Waals surface area (Å²) in [6.07, 6.45) is -0.324. The number of ether oxygens (including phenoxy) is 2. The SMILES string of the molecule is CC(C)NC(=O)CCn1c(Cc2cc3c(cc2I)OCO3)nc2c(N)nc(F)nc21. The summed E-state index contributed by atoms with van der Waals surface area (Å²) in [4.78, 5) is 24.2. The number of benzene rings is 1. The molecule has 1 aliphatic heterocycles. The van der Waals surface area contributed by atoms with Gasteiger partial charge in [0.25, 0.3) is 0 Å². The zero-order valence-electron chi connectivity index (χ0n) is 16.4. The number of halogens is 2. The van der Waals surface area contributed by atoms with Gasteiger partial charge in [0, 0.05) is 29.0 Å². The Kier molecular flexibility index (Phi) is 5.62. The number of carbonyl (C=O) groups excluding carboxylic acids is 1. The number of carbonyl (C=O) groups is 1. The molecular weight excluding hydrogens is 506 g/mol. The molecule has 0 saturated carbocycles. The summed E-state index contributed by atoms with van der Waals surface area (Å²) in [6, 6.07) is 3.83. The smallest absolute Gasteiger partial charge is 0.312 e. The lowest BCUT2D eigenvalue weighted by atomic mass is 10.1. The molecule has 158 valence electrons. The molecule has 0 fully saturated rings. The summed E-state index contributed by atoms with van der Waals surface area (Å²) >= 11 is 2.22. The first kappa shape index (κ1) is 20.6. The molecule has 4 rings (SSSR count). The maximum absolute atomic E-state index is 13.8. The van der Waals surface area contributed by atoms with Gasteiger partial charge in [0.1, 0.15) is 5.82 Å². The second-order valence-corrected chi connectivity index (χ2v) is 8.34. The highest BCUT2D eigenvalue weighted by Gasteiger charge is 2.21. The van der Waals surface area contributed by atoms with E-state index in [4.69, 9.17) is 15.2 Å². The molecule has 0 unspecified atom stereocenters. The van der Waals surface area contributed by atoms with E-state index in [1.165, 1.54) is 0 Å². The predicted octanol–water partition coefficient (Wildman–Crippen LogP) is 2.39. The minimum atomic E-state index is -0.933. The molecule has 0 aliphatic carbocycles. The summed E-state index contributed by atoms with van der Waals surface area (Å²) < 4.78 is 27.4. The maximum atomic E-state index is 13.8. The third kappa shape index (κ3) is 4.11. The van der Waals surface area contributed by atoms with E-state index in [9.17, 15) is 9.18 Å². The van der Waals surface area contributed by atoms with Crippen LogP contribution in [0.5, 0.6) is 11.5 Å². The first-order valence-electron chi connectivity index (χ1n) is 9.37. The van der Waals surface area contributed by atoms with Crippen molar-refractivity contribution in [1.29, 1.82) is 0 Å². The van der Waals surface area contributed by atoms with Gasteiger partial charge in [0.15, 0.2) is 28.5 Å². The van der Waals surface area contributed by atoms with Crippen molar-refractivity contribution in [3.05, 3.63) is 33.2 Å². The number of hydrogen-bond acceptors (Lipinski definition) is 7. The van der Waals surface area contributed by atoms with E-state index in [1.54, 1.807) is 4.57 Å². The highest BCUT2D eigenvalue weighted by atomic mass is 127. The number of nitrogens with one attached hydrogen (secondary N) is 1. The Labute approximate surface area is 185 Å². The van der Waals surface area contributed by atoms with Gasteiger partial charge in [-0.3, -0.25) is 4.79 Å². The van der Waals surface area contributed by atoms with Crippen LogP contribution in [0.2, 0.25) is 0 Å². The first-order valence-corrected chi connectivity index (χ1v) is 10.4. The zero-order chi connectivity index (χ0) is 21.4. The summed E-state index contributed by atoms with van der Waals surface area (Å²) in [5.41, 5.74) is 7.41. The number of nitrogens with zero attached hydrogens (tertiary/aromatic N) is 4. The van der Waals surface area contributed by atoms with Gasteiger partial charge in [-0.15, -0.1) is 0 Å². The molecule has 1 aliphatic rings. The number of aromatic nitrogens is 4. The fraction of sp³-hybridized carbons (Fsp3) is 0.368. The van der Waals surface area contributed by atoms with Crippen molar-refractivity contribution in [2.45, 2.75) is 39.3 Å². The molecule has 3 N–H and O–H groups in total. The Morgan fingerprint density at radius 3 is 2.77 bits per heavy atom. The van der Waals surface area contributed by atoms with Gasteiger partial charge in [-0.05, 0) is 54.1 Å². The molecule has 3 aromatic rings. The van der Waals surface area contributed by atoms with Gasteiger partial charge in [-0.2, -0.15) is 14.4 Å². The van der Waals surface area contributed by atoms with E-state index in [-0.39, 0.29) is 43.2 Å². The van der Waals surface area contributed by atoms with Crippen molar-refractivity contribution >= 4 is 45.5 Å². The fourth-order valence-electron chi connectivity index (χ4n) is 3.28. The van der Waals surface area contributed by atoms with E-state index >= 15 is 0 Å². The number of fused-ring (bicyclic) bond motifs is 2. The summed E-state index contributed by atoms with van der Waals surface area (Å²) in [5, 5.41) is 2.85. The minimum absolute atomic E-state index is 0.0297. The number of nitrogen functional groups attached to an aromatic ring is 1. The van der Waals surface area contributed by atoms with Gasteiger partial charge in [0.05, 0.1) is 0 Å². The zero-order valence-corrected chi connectivity index (χ0v) is 18.6. The highest BCUT2D eigenvalue weighted by Crippen LogP contribution is 2.36. The van der Waals surface area contributed by atoms with E-state index in [2.05, 4.69) is 42.9 Å². The monoisotopic (exact) mass is 526 g/mol. The Bertz CT molecular complexity index is 1130. The topological polar surface area (TPSA) is 117 Å². The number of imidazole rings is 1. The number of nitrogens with two attached hydrogens (primary N) is 1. The Morgan fingerprint density at radius 2 is 2.03 bits per heavy atom. The average molecular weight is 526 g/mol. The lowest BCUT2D eigenvalue weighted by molar-refractivity contribution is -0.121. The van der Waals surface area contributed by atoms with Crippen molar-refractivity contribution in [2.24, 2.45) is 0 Å². The summed E-state index contributed by atoms with van der Waals surface area (Å²) in [6.45, 7) is 4.24. The van der Waals surface area contributed by atoms with Crippen LogP contribution < -0.4 is 20.5 Å².